The van der Waals surface area contributed by atoms with Crippen molar-refractivity contribution in [3.63, 3.8) is 0 Å². The van der Waals surface area contributed by atoms with Crippen LogP contribution in [0.2, 0.25) is 0 Å². The minimum absolute atomic E-state index is 0. The highest BCUT2D eigenvalue weighted by molar-refractivity contribution is 5.97. The molecule has 106 valence electrons. The highest BCUT2D eigenvalue weighted by Crippen LogP contribution is 2.30. The zero-order valence-electron chi connectivity index (χ0n) is 11.4. The predicted molar refractivity (Wildman–Crippen MR) is 77.9 cm³/mol. The summed E-state index contributed by atoms with van der Waals surface area (Å²) < 4.78 is 5.23. The Bertz CT molecular complexity index is 453. The molecule has 0 aromatic heterocycles. The molecule has 5 heteroatoms. The SMILES string of the molecule is COc1ccccc1C(=O)N1CCC(C)(CN)C1.Cl. The molecule has 0 bridgehead atoms. The fourth-order valence-corrected chi connectivity index (χ4v) is 2.36. The fourth-order valence-electron chi connectivity index (χ4n) is 2.36. The number of rotatable bonds is 3. The van der Waals surface area contributed by atoms with Crippen LogP contribution >= 0.6 is 12.4 Å². The first-order chi connectivity index (χ1) is 8.59. The number of nitrogens with zero attached hydrogens (tertiary/aromatic N) is 1. The van der Waals surface area contributed by atoms with Crippen LogP contribution in [0.4, 0.5) is 0 Å². The molecule has 2 N–H and O–H groups in total. The molecular weight excluding hydrogens is 264 g/mol. The van der Waals surface area contributed by atoms with E-state index in [0.717, 1.165) is 19.5 Å². The maximum absolute atomic E-state index is 12.4. The van der Waals surface area contributed by atoms with Gasteiger partial charge in [0, 0.05) is 13.1 Å². The number of benzene rings is 1. The third-order valence-corrected chi connectivity index (χ3v) is 3.68. The summed E-state index contributed by atoms with van der Waals surface area (Å²) in [5.41, 5.74) is 6.44. The number of likely N-dealkylation sites (tertiary alicyclic amines) is 1. The predicted octanol–water partition coefficient (Wildman–Crippen LogP) is 1.93. The zero-order chi connectivity index (χ0) is 13.2. The first kappa shape index (κ1) is 15.8. The summed E-state index contributed by atoms with van der Waals surface area (Å²) in [6.07, 6.45) is 0.963. The number of methoxy groups -OCH3 is 1. The Morgan fingerprint density at radius 3 is 2.74 bits per heavy atom. The van der Waals surface area contributed by atoms with Crippen LogP contribution in [0.3, 0.4) is 0 Å². The lowest BCUT2D eigenvalue weighted by Gasteiger charge is -2.23. The van der Waals surface area contributed by atoms with E-state index < -0.39 is 0 Å². The number of halogens is 1. The van der Waals surface area contributed by atoms with Crippen molar-refractivity contribution in [2.45, 2.75) is 13.3 Å². The van der Waals surface area contributed by atoms with Crippen molar-refractivity contribution in [2.75, 3.05) is 26.7 Å². The van der Waals surface area contributed by atoms with Gasteiger partial charge in [-0.05, 0) is 30.5 Å². The van der Waals surface area contributed by atoms with Crippen molar-refractivity contribution < 1.29 is 9.53 Å². The van der Waals surface area contributed by atoms with E-state index in [-0.39, 0.29) is 23.7 Å². The standard InChI is InChI=1S/C14H20N2O2.ClH/c1-14(9-15)7-8-16(10-14)13(17)11-5-3-4-6-12(11)18-2;/h3-6H,7-10,15H2,1-2H3;1H. The number of amides is 1. The molecule has 1 saturated heterocycles. The topological polar surface area (TPSA) is 55.6 Å². The maximum Gasteiger partial charge on any atom is 0.257 e. The number of nitrogens with two attached hydrogens (primary N) is 1. The Balaban J connectivity index is 0.00000180. The van der Waals surface area contributed by atoms with Crippen molar-refractivity contribution in [3.8, 4) is 5.75 Å². The highest BCUT2D eigenvalue weighted by Gasteiger charge is 2.35. The molecule has 0 radical (unpaired) electrons. The summed E-state index contributed by atoms with van der Waals surface area (Å²) in [5, 5.41) is 0. The fraction of sp³-hybridized carbons (Fsp3) is 0.500. The van der Waals surface area contributed by atoms with Gasteiger partial charge in [-0.3, -0.25) is 4.79 Å². The van der Waals surface area contributed by atoms with Gasteiger partial charge in [0.2, 0.25) is 0 Å². The lowest BCUT2D eigenvalue weighted by Crippen LogP contribution is -2.34. The van der Waals surface area contributed by atoms with E-state index in [2.05, 4.69) is 6.92 Å². The van der Waals surface area contributed by atoms with Gasteiger partial charge in [-0.1, -0.05) is 19.1 Å². The second-order valence-electron chi connectivity index (χ2n) is 5.19. The molecular formula is C14H21ClN2O2. The summed E-state index contributed by atoms with van der Waals surface area (Å²) in [4.78, 5) is 14.3. The van der Waals surface area contributed by atoms with Gasteiger partial charge in [0.1, 0.15) is 5.75 Å². The number of hydrogen-bond donors (Lipinski definition) is 1. The molecule has 1 aliphatic rings. The molecule has 1 fully saturated rings. The second-order valence-corrected chi connectivity index (χ2v) is 5.19. The molecule has 1 aromatic rings. The highest BCUT2D eigenvalue weighted by atomic mass is 35.5. The molecule has 1 unspecified atom stereocenters. The molecule has 1 atom stereocenters. The third kappa shape index (κ3) is 3.19. The molecule has 1 heterocycles. The molecule has 2 rings (SSSR count). The Labute approximate surface area is 120 Å². The van der Waals surface area contributed by atoms with E-state index in [9.17, 15) is 4.79 Å². The number of para-hydroxylation sites is 1. The Morgan fingerprint density at radius 1 is 1.47 bits per heavy atom. The van der Waals surface area contributed by atoms with E-state index in [0.29, 0.717) is 17.9 Å². The van der Waals surface area contributed by atoms with Crippen LogP contribution < -0.4 is 10.5 Å². The summed E-state index contributed by atoms with van der Waals surface area (Å²) in [6.45, 7) is 4.23. The largest absolute Gasteiger partial charge is 0.496 e. The third-order valence-electron chi connectivity index (χ3n) is 3.68. The molecule has 1 aromatic carbocycles. The van der Waals surface area contributed by atoms with Gasteiger partial charge in [-0.15, -0.1) is 12.4 Å². The van der Waals surface area contributed by atoms with Crippen molar-refractivity contribution >= 4 is 18.3 Å². The Kier molecular flexibility index (Phi) is 5.20. The van der Waals surface area contributed by atoms with E-state index in [1.165, 1.54) is 0 Å². The molecule has 0 aliphatic carbocycles. The van der Waals surface area contributed by atoms with Gasteiger partial charge in [-0.25, -0.2) is 0 Å². The normalized spacial score (nSPS) is 21.9. The van der Waals surface area contributed by atoms with Gasteiger partial charge in [0.05, 0.1) is 12.7 Å². The Hall–Kier alpha value is -1.26. The van der Waals surface area contributed by atoms with E-state index in [1.54, 1.807) is 13.2 Å². The molecule has 1 amide bonds. The summed E-state index contributed by atoms with van der Waals surface area (Å²) in [5.74, 6) is 0.661. The number of ether oxygens (including phenoxy) is 1. The average molecular weight is 285 g/mol. The average Bonchev–Trinajstić information content (AvgIpc) is 2.81. The van der Waals surface area contributed by atoms with Crippen LogP contribution in [0.15, 0.2) is 24.3 Å². The second kappa shape index (κ2) is 6.26. The van der Waals surface area contributed by atoms with E-state index >= 15 is 0 Å². The maximum atomic E-state index is 12.4. The van der Waals surface area contributed by atoms with Crippen LogP contribution in [0.25, 0.3) is 0 Å². The first-order valence-electron chi connectivity index (χ1n) is 6.22. The number of hydrogen-bond acceptors (Lipinski definition) is 3. The minimum Gasteiger partial charge on any atom is -0.496 e. The van der Waals surface area contributed by atoms with E-state index in [1.807, 2.05) is 23.1 Å². The molecule has 0 saturated carbocycles. The smallest absolute Gasteiger partial charge is 0.257 e. The van der Waals surface area contributed by atoms with Gasteiger partial charge < -0.3 is 15.4 Å². The quantitative estimate of drug-likeness (QED) is 0.923. The minimum atomic E-state index is 0. The summed E-state index contributed by atoms with van der Waals surface area (Å²) >= 11 is 0. The number of carbonyl (C=O) groups excluding carboxylic acids is 1. The summed E-state index contributed by atoms with van der Waals surface area (Å²) in [6, 6.07) is 7.34. The van der Waals surface area contributed by atoms with Crippen LogP contribution in [0.5, 0.6) is 5.75 Å². The zero-order valence-corrected chi connectivity index (χ0v) is 12.2. The van der Waals surface area contributed by atoms with Gasteiger partial charge in [-0.2, -0.15) is 0 Å². The monoisotopic (exact) mass is 284 g/mol. The lowest BCUT2D eigenvalue weighted by molar-refractivity contribution is 0.0773. The molecule has 19 heavy (non-hydrogen) atoms. The van der Waals surface area contributed by atoms with Gasteiger partial charge >= 0.3 is 0 Å². The van der Waals surface area contributed by atoms with Crippen molar-refractivity contribution in [2.24, 2.45) is 11.1 Å². The first-order valence-corrected chi connectivity index (χ1v) is 6.22. The van der Waals surface area contributed by atoms with Crippen molar-refractivity contribution in [1.29, 1.82) is 0 Å². The van der Waals surface area contributed by atoms with Crippen LogP contribution in [0, 0.1) is 5.41 Å². The molecule has 0 spiro atoms. The Morgan fingerprint density at radius 2 is 2.16 bits per heavy atom. The van der Waals surface area contributed by atoms with E-state index in [4.69, 9.17) is 10.5 Å². The van der Waals surface area contributed by atoms with Crippen LogP contribution in [-0.2, 0) is 0 Å². The van der Waals surface area contributed by atoms with Crippen LogP contribution in [0.1, 0.15) is 23.7 Å². The molecule has 1 aliphatic heterocycles. The van der Waals surface area contributed by atoms with Crippen molar-refractivity contribution in [1.82, 2.24) is 4.90 Å². The summed E-state index contributed by atoms with van der Waals surface area (Å²) in [7, 11) is 1.58. The lowest BCUT2D eigenvalue weighted by atomic mass is 9.90. The van der Waals surface area contributed by atoms with Crippen LogP contribution in [-0.4, -0.2) is 37.6 Å². The number of carbonyl (C=O) groups is 1. The molecule has 4 nitrogen and oxygen atoms in total. The van der Waals surface area contributed by atoms with Crippen molar-refractivity contribution in [3.05, 3.63) is 29.8 Å². The van der Waals surface area contributed by atoms with Gasteiger partial charge in [0.25, 0.3) is 5.91 Å². The van der Waals surface area contributed by atoms with Gasteiger partial charge in [0.15, 0.2) is 0 Å².